The van der Waals surface area contributed by atoms with Gasteiger partial charge in [-0.2, -0.15) is 0 Å². The van der Waals surface area contributed by atoms with Crippen molar-refractivity contribution in [2.45, 2.75) is 64.5 Å². The minimum atomic E-state index is -1.31. The fraction of sp³-hybridized carbons (Fsp3) is 0.550. The lowest BCUT2D eigenvalue weighted by molar-refractivity contribution is -0.139. The Hall–Kier alpha value is -1.82. The molecule has 0 spiro atoms. The van der Waals surface area contributed by atoms with E-state index in [9.17, 15) is 19.5 Å². The summed E-state index contributed by atoms with van der Waals surface area (Å²) in [6, 6.07) is 4.59. The van der Waals surface area contributed by atoms with Crippen LogP contribution in [0.2, 0.25) is 25.7 Å². The zero-order valence-corrected chi connectivity index (χ0v) is 21.4. The summed E-state index contributed by atoms with van der Waals surface area (Å²) in [5.41, 5.74) is -0.0761. The van der Waals surface area contributed by atoms with E-state index in [4.69, 9.17) is 14.2 Å². The van der Waals surface area contributed by atoms with Gasteiger partial charge in [0, 0.05) is 14.5 Å². The standard InChI is InChI=1S/C20H30INO7Si/c1-20(2,3)29-18(25)22-15(17(23)24)12-13-7-8-16(14(21)11-13)28-19(26)27-9-10-30(4,5)6/h7-8,11,15H,9-10,12H2,1-6H3,(H,22,25)(H,23,24). The summed E-state index contributed by atoms with van der Waals surface area (Å²) >= 11 is 1.99. The topological polar surface area (TPSA) is 111 Å². The van der Waals surface area contributed by atoms with Gasteiger partial charge in [-0.05, 0) is 67.1 Å². The molecule has 0 saturated heterocycles. The third-order valence-electron chi connectivity index (χ3n) is 3.69. The number of carbonyl (C=O) groups is 3. The van der Waals surface area contributed by atoms with Crippen LogP contribution in [0.3, 0.4) is 0 Å². The molecule has 168 valence electrons. The van der Waals surface area contributed by atoms with Gasteiger partial charge in [0.15, 0.2) is 0 Å². The fourth-order valence-electron chi connectivity index (χ4n) is 2.20. The van der Waals surface area contributed by atoms with E-state index in [1.807, 2.05) is 22.6 Å². The number of ether oxygens (including phenoxy) is 3. The fourth-order valence-corrected chi connectivity index (χ4v) is 3.60. The van der Waals surface area contributed by atoms with Crippen molar-refractivity contribution < 1.29 is 33.7 Å². The van der Waals surface area contributed by atoms with E-state index in [0.717, 1.165) is 6.04 Å². The lowest BCUT2D eigenvalue weighted by atomic mass is 10.1. The van der Waals surface area contributed by atoms with Crippen LogP contribution < -0.4 is 10.1 Å². The van der Waals surface area contributed by atoms with Crippen LogP contribution >= 0.6 is 22.6 Å². The maximum absolute atomic E-state index is 11.9. The molecule has 0 aliphatic rings. The quantitative estimate of drug-likeness (QED) is 0.209. The third-order valence-corrected chi connectivity index (χ3v) is 6.24. The minimum absolute atomic E-state index is 0.0471. The molecule has 0 heterocycles. The Morgan fingerprint density at radius 1 is 1.20 bits per heavy atom. The number of nitrogens with one attached hydrogen (secondary N) is 1. The number of carbonyl (C=O) groups excluding carboxylic acids is 2. The van der Waals surface area contributed by atoms with Gasteiger partial charge in [-0.3, -0.25) is 0 Å². The van der Waals surface area contributed by atoms with Gasteiger partial charge in [0.2, 0.25) is 0 Å². The van der Waals surface area contributed by atoms with Gasteiger partial charge in [0.25, 0.3) is 0 Å². The lowest BCUT2D eigenvalue weighted by Gasteiger charge is -2.22. The molecule has 1 atom stereocenters. The largest absolute Gasteiger partial charge is 0.513 e. The molecular weight excluding hydrogens is 521 g/mol. The van der Waals surface area contributed by atoms with Crippen molar-refractivity contribution in [3.05, 3.63) is 27.3 Å². The molecule has 0 radical (unpaired) electrons. The first-order valence-corrected chi connectivity index (χ1v) is 14.3. The second kappa shape index (κ2) is 11.0. The average Bonchev–Trinajstić information content (AvgIpc) is 2.53. The molecule has 0 aromatic heterocycles. The predicted octanol–water partition coefficient (Wildman–Crippen LogP) is 4.67. The first-order chi connectivity index (χ1) is 13.7. The van der Waals surface area contributed by atoms with Gasteiger partial charge in [0.1, 0.15) is 17.4 Å². The van der Waals surface area contributed by atoms with Gasteiger partial charge in [-0.15, -0.1) is 0 Å². The summed E-state index contributed by atoms with van der Waals surface area (Å²) in [4.78, 5) is 35.3. The van der Waals surface area contributed by atoms with Crippen LogP contribution in [-0.2, 0) is 20.7 Å². The molecule has 1 aromatic rings. The second-order valence-electron chi connectivity index (χ2n) is 9.02. The SMILES string of the molecule is CC(C)(C)OC(=O)NC(Cc1ccc(OC(=O)OCC[Si](C)(C)C)c(I)c1)C(=O)O. The Balaban J connectivity index is 2.71. The molecule has 1 amide bonds. The molecule has 2 N–H and O–H groups in total. The van der Waals surface area contributed by atoms with Crippen molar-refractivity contribution in [2.75, 3.05) is 6.61 Å². The highest BCUT2D eigenvalue weighted by atomic mass is 127. The molecule has 1 unspecified atom stereocenters. The van der Waals surface area contributed by atoms with Crippen molar-refractivity contribution in [1.29, 1.82) is 0 Å². The summed E-state index contributed by atoms with van der Waals surface area (Å²) in [5.74, 6) is -0.855. The molecular formula is C20H30INO7Si. The maximum Gasteiger partial charge on any atom is 0.513 e. The van der Waals surface area contributed by atoms with E-state index < -0.39 is 37.9 Å². The Morgan fingerprint density at radius 2 is 1.83 bits per heavy atom. The number of amides is 1. The number of aliphatic carboxylic acids is 1. The van der Waals surface area contributed by atoms with Gasteiger partial charge < -0.3 is 24.6 Å². The van der Waals surface area contributed by atoms with E-state index in [1.165, 1.54) is 0 Å². The van der Waals surface area contributed by atoms with E-state index in [0.29, 0.717) is 21.5 Å². The van der Waals surface area contributed by atoms with Crippen LogP contribution in [0.1, 0.15) is 26.3 Å². The number of halogens is 1. The highest BCUT2D eigenvalue weighted by molar-refractivity contribution is 14.1. The Kier molecular flexibility index (Phi) is 9.60. The molecule has 30 heavy (non-hydrogen) atoms. The predicted molar refractivity (Wildman–Crippen MR) is 124 cm³/mol. The highest BCUT2D eigenvalue weighted by Gasteiger charge is 2.24. The van der Waals surface area contributed by atoms with Crippen molar-refractivity contribution >= 4 is 48.9 Å². The van der Waals surface area contributed by atoms with Gasteiger partial charge in [-0.25, -0.2) is 14.4 Å². The van der Waals surface area contributed by atoms with Crippen LogP contribution in [0.15, 0.2) is 18.2 Å². The molecule has 0 aliphatic heterocycles. The van der Waals surface area contributed by atoms with E-state index in [2.05, 4.69) is 25.0 Å². The van der Waals surface area contributed by atoms with Gasteiger partial charge in [0.05, 0.1) is 10.2 Å². The molecule has 1 rings (SSSR count). The Labute approximate surface area is 191 Å². The molecule has 0 fully saturated rings. The second-order valence-corrected chi connectivity index (χ2v) is 15.8. The molecule has 0 saturated carbocycles. The number of carboxylic acid groups (broad SMARTS) is 1. The van der Waals surface area contributed by atoms with Gasteiger partial charge in [-0.1, -0.05) is 25.7 Å². The van der Waals surface area contributed by atoms with Crippen molar-refractivity contribution in [3.63, 3.8) is 0 Å². The van der Waals surface area contributed by atoms with E-state index in [-0.39, 0.29) is 6.42 Å². The summed E-state index contributed by atoms with van der Waals surface area (Å²) < 4.78 is 16.1. The maximum atomic E-state index is 11.9. The minimum Gasteiger partial charge on any atom is -0.480 e. The Morgan fingerprint density at radius 3 is 2.33 bits per heavy atom. The van der Waals surface area contributed by atoms with Crippen molar-refractivity contribution in [1.82, 2.24) is 5.32 Å². The number of rotatable bonds is 8. The number of carboxylic acids is 1. The number of hydrogen-bond donors (Lipinski definition) is 2. The average molecular weight is 551 g/mol. The van der Waals surface area contributed by atoms with Crippen LogP contribution in [0.5, 0.6) is 5.75 Å². The summed E-state index contributed by atoms with van der Waals surface area (Å²) in [6.45, 7) is 12.0. The summed E-state index contributed by atoms with van der Waals surface area (Å²) in [7, 11) is -1.31. The molecule has 8 nitrogen and oxygen atoms in total. The number of alkyl carbamates (subject to hydrolysis) is 1. The van der Waals surface area contributed by atoms with Crippen LogP contribution in [-0.4, -0.2) is 49.6 Å². The zero-order valence-electron chi connectivity index (χ0n) is 18.2. The van der Waals surface area contributed by atoms with Crippen LogP contribution in [0, 0.1) is 3.57 Å². The lowest BCUT2D eigenvalue weighted by Crippen LogP contribution is -2.44. The summed E-state index contributed by atoms with van der Waals surface area (Å²) in [5, 5.41) is 11.8. The molecule has 0 aliphatic carbocycles. The third kappa shape index (κ3) is 10.8. The molecule has 0 bridgehead atoms. The van der Waals surface area contributed by atoms with Crippen molar-refractivity contribution in [3.8, 4) is 5.75 Å². The Bertz CT molecular complexity index is 771. The molecule has 10 heteroatoms. The monoisotopic (exact) mass is 551 g/mol. The van der Waals surface area contributed by atoms with E-state index >= 15 is 0 Å². The number of hydrogen-bond acceptors (Lipinski definition) is 6. The smallest absolute Gasteiger partial charge is 0.480 e. The first kappa shape index (κ1) is 26.2. The highest BCUT2D eigenvalue weighted by Crippen LogP contribution is 2.23. The molecule has 1 aromatic carbocycles. The number of benzene rings is 1. The van der Waals surface area contributed by atoms with Crippen LogP contribution in [0.4, 0.5) is 9.59 Å². The first-order valence-electron chi connectivity index (χ1n) is 9.51. The normalized spacial score (nSPS) is 12.6. The van der Waals surface area contributed by atoms with Crippen molar-refractivity contribution in [2.24, 2.45) is 0 Å². The van der Waals surface area contributed by atoms with E-state index in [1.54, 1.807) is 39.0 Å². The van der Waals surface area contributed by atoms with Gasteiger partial charge >= 0.3 is 18.2 Å². The zero-order chi connectivity index (χ0) is 23.1. The summed E-state index contributed by atoms with van der Waals surface area (Å²) in [6.07, 6.45) is -1.52. The van der Waals surface area contributed by atoms with Crippen LogP contribution in [0.25, 0.3) is 0 Å².